The van der Waals surface area contributed by atoms with Gasteiger partial charge in [-0.1, -0.05) is 6.07 Å². The van der Waals surface area contributed by atoms with Crippen molar-refractivity contribution in [2.75, 3.05) is 41.6 Å². The predicted molar refractivity (Wildman–Crippen MR) is 74.2 cm³/mol. The Morgan fingerprint density at radius 3 is 2.40 bits per heavy atom. The Morgan fingerprint density at radius 1 is 1.15 bits per heavy atom. The van der Waals surface area contributed by atoms with Crippen molar-refractivity contribution >= 4 is 5.97 Å². The molecule has 6 nitrogen and oxygen atoms in total. The maximum atomic E-state index is 11.9. The number of hydrogen-bond donors (Lipinski definition) is 1. The van der Waals surface area contributed by atoms with Crippen LogP contribution in [0.3, 0.4) is 0 Å². The molecule has 6 heteroatoms. The lowest BCUT2D eigenvalue weighted by atomic mass is 10.1. The average molecular weight is 283 g/mol. The van der Waals surface area contributed by atoms with Crippen molar-refractivity contribution in [2.24, 2.45) is 0 Å². The molecule has 0 amide bonds. The number of benzene rings is 1. The van der Waals surface area contributed by atoms with Gasteiger partial charge in [-0.05, 0) is 17.7 Å². The average Bonchev–Trinajstić information content (AvgIpc) is 2.50. The summed E-state index contributed by atoms with van der Waals surface area (Å²) in [5.41, 5.74) is 0.741. The monoisotopic (exact) mass is 283 g/mol. The molecule has 0 aliphatic heterocycles. The van der Waals surface area contributed by atoms with Gasteiger partial charge in [-0.3, -0.25) is 5.32 Å². The molecule has 0 fully saturated rings. The Bertz CT molecular complexity index is 436. The molecule has 1 rings (SSSR count). The molecule has 20 heavy (non-hydrogen) atoms. The van der Waals surface area contributed by atoms with Crippen LogP contribution in [0.2, 0.25) is 0 Å². The Labute approximate surface area is 119 Å². The molecule has 0 aliphatic carbocycles. The molecule has 1 N–H and O–H groups in total. The summed E-state index contributed by atoms with van der Waals surface area (Å²) in [4.78, 5) is 11.9. The summed E-state index contributed by atoms with van der Waals surface area (Å²) in [5, 5.41) is 3.08. The third kappa shape index (κ3) is 4.11. The number of esters is 1. The van der Waals surface area contributed by atoms with E-state index in [0.717, 1.165) is 5.56 Å². The van der Waals surface area contributed by atoms with Gasteiger partial charge in [-0.25, -0.2) is 4.79 Å². The standard InChI is InChI=1S/C14H21NO5/c1-17-8-7-15-13(14(16)20-4)10-5-6-11(18-2)12(9-10)19-3/h5-6,9,13,15H,7-8H2,1-4H3. The molecule has 0 saturated heterocycles. The maximum absolute atomic E-state index is 11.9. The van der Waals surface area contributed by atoms with Gasteiger partial charge in [0, 0.05) is 13.7 Å². The molecular formula is C14H21NO5. The first-order valence-corrected chi connectivity index (χ1v) is 6.20. The molecule has 0 radical (unpaired) electrons. The van der Waals surface area contributed by atoms with Crippen LogP contribution < -0.4 is 14.8 Å². The van der Waals surface area contributed by atoms with Gasteiger partial charge in [0.1, 0.15) is 6.04 Å². The molecular weight excluding hydrogens is 262 g/mol. The molecule has 1 unspecified atom stereocenters. The van der Waals surface area contributed by atoms with Gasteiger partial charge in [-0.15, -0.1) is 0 Å². The van der Waals surface area contributed by atoms with Crippen LogP contribution in [0.5, 0.6) is 11.5 Å². The topological polar surface area (TPSA) is 66.0 Å². The van der Waals surface area contributed by atoms with Gasteiger partial charge in [-0.2, -0.15) is 0 Å². The van der Waals surface area contributed by atoms with E-state index in [1.165, 1.54) is 7.11 Å². The van der Waals surface area contributed by atoms with Crippen LogP contribution in [0.15, 0.2) is 18.2 Å². The predicted octanol–water partition coefficient (Wildman–Crippen LogP) is 1.15. The molecule has 0 aliphatic rings. The van der Waals surface area contributed by atoms with Crippen molar-refractivity contribution in [1.29, 1.82) is 0 Å². The molecule has 0 aromatic heterocycles. The quantitative estimate of drug-likeness (QED) is 0.570. The van der Waals surface area contributed by atoms with Crippen LogP contribution in [-0.4, -0.2) is 47.6 Å². The summed E-state index contributed by atoms with van der Waals surface area (Å²) in [6.45, 7) is 1.03. The number of carbonyl (C=O) groups excluding carboxylic acids is 1. The summed E-state index contributed by atoms with van der Waals surface area (Å²) >= 11 is 0. The highest BCUT2D eigenvalue weighted by molar-refractivity contribution is 5.77. The maximum Gasteiger partial charge on any atom is 0.327 e. The minimum atomic E-state index is -0.574. The number of nitrogens with one attached hydrogen (secondary N) is 1. The van der Waals surface area contributed by atoms with Gasteiger partial charge in [0.15, 0.2) is 11.5 Å². The van der Waals surface area contributed by atoms with E-state index >= 15 is 0 Å². The second-order valence-electron chi connectivity index (χ2n) is 4.02. The zero-order valence-electron chi connectivity index (χ0n) is 12.3. The zero-order valence-corrected chi connectivity index (χ0v) is 12.3. The Morgan fingerprint density at radius 2 is 1.85 bits per heavy atom. The second kappa shape index (κ2) is 8.39. The lowest BCUT2D eigenvalue weighted by molar-refractivity contribution is -0.143. The van der Waals surface area contributed by atoms with E-state index in [2.05, 4.69) is 5.32 Å². The fourth-order valence-corrected chi connectivity index (χ4v) is 1.79. The largest absolute Gasteiger partial charge is 0.493 e. The van der Waals surface area contributed by atoms with Crippen molar-refractivity contribution < 1.29 is 23.7 Å². The van der Waals surface area contributed by atoms with Gasteiger partial charge in [0.25, 0.3) is 0 Å². The molecule has 0 spiro atoms. The highest BCUT2D eigenvalue weighted by atomic mass is 16.5. The van der Waals surface area contributed by atoms with E-state index in [0.29, 0.717) is 24.7 Å². The zero-order chi connectivity index (χ0) is 15.0. The number of rotatable bonds is 8. The summed E-state index contributed by atoms with van der Waals surface area (Å²) in [7, 11) is 6.07. The number of ether oxygens (including phenoxy) is 4. The third-order valence-electron chi connectivity index (χ3n) is 2.83. The second-order valence-corrected chi connectivity index (χ2v) is 4.02. The van der Waals surface area contributed by atoms with E-state index in [1.54, 1.807) is 39.5 Å². The first kappa shape index (κ1) is 16.3. The molecule has 0 saturated carbocycles. The Kier molecular flexibility index (Phi) is 6.83. The minimum absolute atomic E-state index is 0.367. The van der Waals surface area contributed by atoms with Crippen LogP contribution in [0.25, 0.3) is 0 Å². The van der Waals surface area contributed by atoms with E-state index < -0.39 is 6.04 Å². The van der Waals surface area contributed by atoms with Crippen LogP contribution in [0.1, 0.15) is 11.6 Å². The van der Waals surface area contributed by atoms with Crippen LogP contribution in [0.4, 0.5) is 0 Å². The number of carbonyl (C=O) groups is 1. The van der Waals surface area contributed by atoms with Crippen molar-refractivity contribution in [3.8, 4) is 11.5 Å². The van der Waals surface area contributed by atoms with E-state index in [4.69, 9.17) is 18.9 Å². The lowest BCUT2D eigenvalue weighted by Crippen LogP contribution is -2.32. The van der Waals surface area contributed by atoms with Gasteiger partial charge >= 0.3 is 5.97 Å². The van der Waals surface area contributed by atoms with Gasteiger partial charge in [0.2, 0.25) is 0 Å². The number of hydrogen-bond acceptors (Lipinski definition) is 6. The summed E-state index contributed by atoms with van der Waals surface area (Å²) in [5.74, 6) is 0.803. The highest BCUT2D eigenvalue weighted by Crippen LogP contribution is 2.30. The smallest absolute Gasteiger partial charge is 0.327 e. The first-order valence-electron chi connectivity index (χ1n) is 6.20. The van der Waals surface area contributed by atoms with E-state index in [-0.39, 0.29) is 5.97 Å². The SMILES string of the molecule is COCCNC(C(=O)OC)c1ccc(OC)c(OC)c1. The minimum Gasteiger partial charge on any atom is -0.493 e. The van der Waals surface area contributed by atoms with Crippen molar-refractivity contribution in [3.05, 3.63) is 23.8 Å². The van der Waals surface area contributed by atoms with E-state index in [9.17, 15) is 4.79 Å². The van der Waals surface area contributed by atoms with Crippen LogP contribution in [-0.2, 0) is 14.3 Å². The molecule has 1 aromatic carbocycles. The van der Waals surface area contributed by atoms with Crippen LogP contribution >= 0.6 is 0 Å². The Hall–Kier alpha value is -1.79. The van der Waals surface area contributed by atoms with Gasteiger partial charge < -0.3 is 18.9 Å². The first-order chi connectivity index (χ1) is 9.67. The summed E-state index contributed by atoms with van der Waals surface area (Å²) in [6.07, 6.45) is 0. The molecule has 0 bridgehead atoms. The van der Waals surface area contributed by atoms with E-state index in [1.807, 2.05) is 0 Å². The lowest BCUT2D eigenvalue weighted by Gasteiger charge is -2.18. The Balaban J connectivity index is 2.97. The van der Waals surface area contributed by atoms with Crippen molar-refractivity contribution in [1.82, 2.24) is 5.32 Å². The van der Waals surface area contributed by atoms with Crippen LogP contribution in [0, 0.1) is 0 Å². The molecule has 1 atom stereocenters. The summed E-state index contributed by atoms with van der Waals surface area (Å²) in [6, 6.07) is 4.72. The highest BCUT2D eigenvalue weighted by Gasteiger charge is 2.22. The van der Waals surface area contributed by atoms with Gasteiger partial charge in [0.05, 0.1) is 27.9 Å². The van der Waals surface area contributed by atoms with Crippen molar-refractivity contribution in [2.45, 2.75) is 6.04 Å². The fourth-order valence-electron chi connectivity index (χ4n) is 1.79. The van der Waals surface area contributed by atoms with Crippen molar-refractivity contribution in [3.63, 3.8) is 0 Å². The molecule has 0 heterocycles. The fraction of sp³-hybridized carbons (Fsp3) is 0.500. The summed E-state index contributed by atoms with van der Waals surface area (Å²) < 4.78 is 20.2. The normalized spacial score (nSPS) is 11.8. The molecule has 1 aromatic rings. The third-order valence-corrected chi connectivity index (χ3v) is 2.83. The molecule has 112 valence electrons. The number of methoxy groups -OCH3 is 4.